The Balaban J connectivity index is 1.69. The highest BCUT2D eigenvalue weighted by atomic mass is 79.9. The normalized spacial score (nSPS) is 23.5. The second kappa shape index (κ2) is 6.92. The van der Waals surface area contributed by atoms with E-state index in [1.165, 1.54) is 38.8 Å². The van der Waals surface area contributed by atoms with Crippen molar-refractivity contribution in [3.63, 3.8) is 0 Å². The number of nitrogens with zero attached hydrogens (tertiary/aromatic N) is 4. The Morgan fingerprint density at radius 1 is 1.24 bits per heavy atom. The zero-order chi connectivity index (χ0) is 14.7. The van der Waals surface area contributed by atoms with Gasteiger partial charge in [0.1, 0.15) is 22.4 Å². The summed E-state index contributed by atoms with van der Waals surface area (Å²) in [4.78, 5) is 13.9. The number of hydrogen-bond acceptors (Lipinski definition) is 5. The summed E-state index contributed by atoms with van der Waals surface area (Å²) in [5.41, 5.74) is 0. The molecular weight excluding hydrogens is 330 g/mol. The Hall–Kier alpha value is -0.880. The van der Waals surface area contributed by atoms with E-state index < -0.39 is 0 Å². The monoisotopic (exact) mass is 353 g/mol. The zero-order valence-electron chi connectivity index (χ0n) is 12.7. The lowest BCUT2D eigenvalue weighted by Crippen LogP contribution is -2.41. The van der Waals surface area contributed by atoms with Gasteiger partial charge in [-0.2, -0.15) is 0 Å². The Bertz CT molecular complexity index is 475. The lowest BCUT2D eigenvalue weighted by Gasteiger charge is -2.32. The molecule has 1 aromatic rings. The van der Waals surface area contributed by atoms with Gasteiger partial charge in [-0.3, -0.25) is 4.90 Å². The molecule has 2 fully saturated rings. The number of nitrogens with one attached hydrogen (secondary N) is 1. The second-order valence-corrected chi connectivity index (χ2v) is 6.67. The van der Waals surface area contributed by atoms with Crippen LogP contribution in [0, 0.1) is 0 Å². The van der Waals surface area contributed by atoms with Gasteiger partial charge in [-0.1, -0.05) is 6.42 Å². The van der Waals surface area contributed by atoms with Gasteiger partial charge in [-0.15, -0.1) is 0 Å². The minimum Gasteiger partial charge on any atom is -0.369 e. The van der Waals surface area contributed by atoms with Crippen molar-refractivity contribution in [2.75, 3.05) is 42.9 Å². The van der Waals surface area contributed by atoms with Crippen LogP contribution in [0.4, 0.5) is 11.6 Å². The molecule has 3 heterocycles. The topological polar surface area (TPSA) is 44.3 Å². The molecule has 0 spiro atoms. The van der Waals surface area contributed by atoms with E-state index in [0.717, 1.165) is 35.7 Å². The molecule has 1 aromatic heterocycles. The molecule has 0 aliphatic carbocycles. The van der Waals surface area contributed by atoms with Crippen molar-refractivity contribution in [1.82, 2.24) is 14.9 Å². The van der Waals surface area contributed by atoms with Gasteiger partial charge in [0, 0.05) is 25.7 Å². The second-order valence-electron chi connectivity index (χ2n) is 5.88. The maximum absolute atomic E-state index is 4.49. The molecule has 1 N–H and O–H groups in total. The summed E-state index contributed by atoms with van der Waals surface area (Å²) < 4.78 is 0.992. The highest BCUT2D eigenvalue weighted by molar-refractivity contribution is 9.10. The van der Waals surface area contributed by atoms with E-state index in [4.69, 9.17) is 0 Å². The first kappa shape index (κ1) is 15.0. The standard InChI is InChI=1S/C15H24BrN5/c1-2-17-14-13(16)15(19-11-18-14)21-9-6-12(10-21)20-7-4-3-5-8-20/h11-12H,2-10H2,1H3,(H,17,18,19). The zero-order valence-corrected chi connectivity index (χ0v) is 14.3. The number of halogens is 1. The van der Waals surface area contributed by atoms with Crippen LogP contribution in [-0.4, -0.2) is 53.6 Å². The van der Waals surface area contributed by atoms with Crippen molar-refractivity contribution in [3.05, 3.63) is 10.8 Å². The first-order valence-electron chi connectivity index (χ1n) is 8.03. The molecule has 0 bridgehead atoms. The fraction of sp³-hybridized carbons (Fsp3) is 0.733. The maximum atomic E-state index is 4.49. The first-order valence-corrected chi connectivity index (χ1v) is 8.82. The number of hydrogen-bond donors (Lipinski definition) is 1. The largest absolute Gasteiger partial charge is 0.369 e. The van der Waals surface area contributed by atoms with Crippen LogP contribution in [0.1, 0.15) is 32.6 Å². The third-order valence-electron chi connectivity index (χ3n) is 4.49. The number of aromatic nitrogens is 2. The molecule has 0 saturated carbocycles. The third kappa shape index (κ3) is 3.31. The Morgan fingerprint density at radius 3 is 2.81 bits per heavy atom. The van der Waals surface area contributed by atoms with Crippen LogP contribution >= 0.6 is 15.9 Å². The summed E-state index contributed by atoms with van der Waals surface area (Å²) in [7, 11) is 0. The Labute approximate surface area is 135 Å². The van der Waals surface area contributed by atoms with E-state index in [1.54, 1.807) is 6.33 Å². The minimum absolute atomic E-state index is 0.690. The summed E-state index contributed by atoms with van der Waals surface area (Å²) in [6.07, 6.45) is 7.02. The molecule has 6 heteroatoms. The van der Waals surface area contributed by atoms with Gasteiger partial charge in [-0.25, -0.2) is 9.97 Å². The number of rotatable bonds is 4. The van der Waals surface area contributed by atoms with Crippen molar-refractivity contribution >= 4 is 27.6 Å². The molecule has 1 atom stereocenters. The number of likely N-dealkylation sites (tertiary alicyclic amines) is 1. The van der Waals surface area contributed by atoms with Crippen LogP contribution < -0.4 is 10.2 Å². The van der Waals surface area contributed by atoms with Gasteiger partial charge in [0.25, 0.3) is 0 Å². The van der Waals surface area contributed by atoms with Crippen LogP contribution in [0.15, 0.2) is 10.8 Å². The van der Waals surface area contributed by atoms with Crippen molar-refractivity contribution in [2.24, 2.45) is 0 Å². The molecule has 3 rings (SSSR count). The van der Waals surface area contributed by atoms with Gasteiger partial charge in [0.15, 0.2) is 0 Å². The molecular formula is C15H24BrN5. The highest BCUT2D eigenvalue weighted by Crippen LogP contribution is 2.32. The number of piperidine rings is 1. The van der Waals surface area contributed by atoms with Crippen molar-refractivity contribution < 1.29 is 0 Å². The van der Waals surface area contributed by atoms with Crippen LogP contribution in [0.25, 0.3) is 0 Å². The van der Waals surface area contributed by atoms with Crippen molar-refractivity contribution in [2.45, 2.75) is 38.6 Å². The van der Waals surface area contributed by atoms with Crippen molar-refractivity contribution in [1.29, 1.82) is 0 Å². The van der Waals surface area contributed by atoms with E-state index in [9.17, 15) is 0 Å². The lowest BCUT2D eigenvalue weighted by atomic mass is 10.1. The van der Waals surface area contributed by atoms with E-state index in [2.05, 4.69) is 47.9 Å². The fourth-order valence-electron chi connectivity index (χ4n) is 3.39. The summed E-state index contributed by atoms with van der Waals surface area (Å²) in [5, 5.41) is 3.28. The Kier molecular flexibility index (Phi) is 4.95. The number of anilines is 2. The average Bonchev–Trinajstić information content (AvgIpc) is 3.00. The molecule has 21 heavy (non-hydrogen) atoms. The maximum Gasteiger partial charge on any atom is 0.148 e. The van der Waals surface area contributed by atoms with Crippen molar-refractivity contribution in [3.8, 4) is 0 Å². The predicted molar refractivity (Wildman–Crippen MR) is 89.9 cm³/mol. The average molecular weight is 354 g/mol. The quantitative estimate of drug-likeness (QED) is 0.901. The van der Waals surface area contributed by atoms with E-state index in [0.29, 0.717) is 6.04 Å². The van der Waals surface area contributed by atoms with E-state index in [1.807, 2.05) is 0 Å². The fourth-order valence-corrected chi connectivity index (χ4v) is 3.98. The van der Waals surface area contributed by atoms with Gasteiger partial charge in [-0.05, 0) is 55.2 Å². The van der Waals surface area contributed by atoms with Gasteiger partial charge >= 0.3 is 0 Å². The molecule has 0 aromatic carbocycles. The SMILES string of the molecule is CCNc1ncnc(N2CCC(N3CCCCC3)C2)c1Br. The van der Waals surface area contributed by atoms with Gasteiger partial charge in [0.2, 0.25) is 0 Å². The molecule has 2 aliphatic rings. The molecule has 0 amide bonds. The third-order valence-corrected chi connectivity index (χ3v) is 5.22. The van der Waals surface area contributed by atoms with Crippen LogP contribution in [-0.2, 0) is 0 Å². The molecule has 2 saturated heterocycles. The minimum atomic E-state index is 0.690. The first-order chi connectivity index (χ1) is 10.3. The highest BCUT2D eigenvalue weighted by Gasteiger charge is 2.30. The molecule has 2 aliphatic heterocycles. The lowest BCUT2D eigenvalue weighted by molar-refractivity contribution is 0.175. The molecule has 1 unspecified atom stereocenters. The predicted octanol–water partition coefficient (Wildman–Crippen LogP) is 2.74. The van der Waals surface area contributed by atoms with Crippen LogP contribution in [0.3, 0.4) is 0 Å². The van der Waals surface area contributed by atoms with Crippen LogP contribution in [0.2, 0.25) is 0 Å². The summed E-state index contributed by atoms with van der Waals surface area (Å²) in [6, 6.07) is 0.690. The summed E-state index contributed by atoms with van der Waals surface area (Å²) in [5.74, 6) is 1.92. The van der Waals surface area contributed by atoms with Gasteiger partial charge < -0.3 is 10.2 Å². The molecule has 0 radical (unpaired) electrons. The van der Waals surface area contributed by atoms with E-state index in [-0.39, 0.29) is 0 Å². The summed E-state index contributed by atoms with van der Waals surface area (Å²) in [6.45, 7) is 7.66. The molecule has 116 valence electrons. The van der Waals surface area contributed by atoms with E-state index >= 15 is 0 Å². The van der Waals surface area contributed by atoms with Gasteiger partial charge in [0.05, 0.1) is 0 Å². The Morgan fingerprint density at radius 2 is 2.05 bits per heavy atom. The smallest absolute Gasteiger partial charge is 0.148 e. The van der Waals surface area contributed by atoms with Crippen LogP contribution in [0.5, 0.6) is 0 Å². The summed E-state index contributed by atoms with van der Waals surface area (Å²) >= 11 is 3.67. The molecule has 5 nitrogen and oxygen atoms in total.